The van der Waals surface area contributed by atoms with Crippen molar-refractivity contribution in [2.75, 3.05) is 6.54 Å². The number of carbonyl (C=O) groups excluding carboxylic acids is 1. The third kappa shape index (κ3) is 4.08. The van der Waals surface area contributed by atoms with Gasteiger partial charge in [-0.2, -0.15) is 0 Å². The molecule has 0 N–H and O–H groups in total. The number of halogens is 1. The summed E-state index contributed by atoms with van der Waals surface area (Å²) in [4.78, 5) is 25.3. The van der Waals surface area contributed by atoms with Crippen LogP contribution >= 0.6 is 11.3 Å². The summed E-state index contributed by atoms with van der Waals surface area (Å²) in [6, 6.07) is 16.1. The minimum absolute atomic E-state index is 0.00727. The van der Waals surface area contributed by atoms with E-state index in [1.54, 1.807) is 18.4 Å². The molecule has 3 heterocycles. The normalized spacial score (nSPS) is 15.9. The van der Waals surface area contributed by atoms with E-state index in [0.717, 1.165) is 39.5 Å². The third-order valence-electron chi connectivity index (χ3n) is 5.71. The Labute approximate surface area is 189 Å². The zero-order valence-electron chi connectivity index (χ0n) is 17.6. The molecule has 1 aliphatic heterocycles. The predicted molar refractivity (Wildman–Crippen MR) is 122 cm³/mol. The number of hydrogen-bond acceptors (Lipinski definition) is 5. The van der Waals surface area contributed by atoms with Crippen LogP contribution in [0.1, 0.15) is 34.2 Å². The van der Waals surface area contributed by atoms with Gasteiger partial charge in [0.25, 0.3) is 5.91 Å². The number of aryl methyl sites for hydroxylation is 1. The van der Waals surface area contributed by atoms with Crippen molar-refractivity contribution in [3.05, 3.63) is 83.3 Å². The molecule has 0 bridgehead atoms. The van der Waals surface area contributed by atoms with Crippen molar-refractivity contribution in [1.82, 2.24) is 14.9 Å². The van der Waals surface area contributed by atoms with E-state index in [2.05, 4.69) is 9.97 Å². The lowest BCUT2D eigenvalue weighted by atomic mass is 10.1. The summed E-state index contributed by atoms with van der Waals surface area (Å²) in [5.74, 6) is 0.232. The molecule has 1 unspecified atom stereocenters. The molecule has 2 aromatic heterocycles. The van der Waals surface area contributed by atoms with Crippen LogP contribution in [0, 0.1) is 12.7 Å². The summed E-state index contributed by atoms with van der Waals surface area (Å²) in [6.07, 6.45) is 4.05. The van der Waals surface area contributed by atoms with E-state index in [0.29, 0.717) is 24.6 Å². The van der Waals surface area contributed by atoms with Crippen LogP contribution < -0.4 is 0 Å². The third-order valence-corrected chi connectivity index (χ3v) is 6.73. The molecule has 0 saturated carbocycles. The highest BCUT2D eigenvalue weighted by Gasteiger charge is 2.33. The fraction of sp³-hybridized carbons (Fsp3) is 0.240. The summed E-state index contributed by atoms with van der Waals surface area (Å²) in [7, 11) is 0. The summed E-state index contributed by atoms with van der Waals surface area (Å²) < 4.78 is 19.1. The molecular formula is C25H22FN3O2S. The van der Waals surface area contributed by atoms with E-state index in [9.17, 15) is 9.18 Å². The fourth-order valence-electron chi connectivity index (χ4n) is 4.17. The van der Waals surface area contributed by atoms with Crippen LogP contribution in [-0.4, -0.2) is 33.4 Å². The summed E-state index contributed by atoms with van der Waals surface area (Å²) in [5, 5.41) is 0.809. The van der Waals surface area contributed by atoms with Crippen LogP contribution in [0.2, 0.25) is 0 Å². The van der Waals surface area contributed by atoms with E-state index >= 15 is 0 Å². The largest absolute Gasteiger partial charge is 0.448 e. The number of amides is 1. The van der Waals surface area contributed by atoms with Gasteiger partial charge in [-0.3, -0.25) is 4.79 Å². The van der Waals surface area contributed by atoms with Crippen molar-refractivity contribution >= 4 is 17.2 Å². The number of oxazole rings is 1. The summed E-state index contributed by atoms with van der Waals surface area (Å²) >= 11 is 1.45. The molecule has 1 saturated heterocycles. The Hall–Kier alpha value is -3.32. The van der Waals surface area contributed by atoms with Crippen molar-refractivity contribution in [1.29, 1.82) is 0 Å². The lowest BCUT2D eigenvalue weighted by Gasteiger charge is -2.23. The second-order valence-corrected chi connectivity index (χ2v) is 9.11. The number of thiazole rings is 1. The highest BCUT2D eigenvalue weighted by atomic mass is 32.1. The predicted octanol–water partition coefficient (Wildman–Crippen LogP) is 5.76. The number of hydrogen-bond donors (Lipinski definition) is 0. The zero-order chi connectivity index (χ0) is 22.1. The van der Waals surface area contributed by atoms with E-state index in [-0.39, 0.29) is 17.8 Å². The Balaban J connectivity index is 1.37. The van der Waals surface area contributed by atoms with Gasteiger partial charge in [0.15, 0.2) is 5.89 Å². The van der Waals surface area contributed by atoms with E-state index < -0.39 is 0 Å². The lowest BCUT2D eigenvalue weighted by molar-refractivity contribution is 0.0728. The first-order chi connectivity index (χ1) is 15.6. The average molecular weight is 448 g/mol. The molecule has 2 aromatic carbocycles. The van der Waals surface area contributed by atoms with E-state index in [1.807, 2.05) is 42.2 Å². The van der Waals surface area contributed by atoms with Gasteiger partial charge in [-0.05, 0) is 37.5 Å². The first-order valence-corrected chi connectivity index (χ1v) is 11.4. The van der Waals surface area contributed by atoms with Crippen molar-refractivity contribution in [3.8, 4) is 21.7 Å². The van der Waals surface area contributed by atoms with E-state index in [1.165, 1.54) is 23.5 Å². The molecule has 0 radical (unpaired) electrons. The van der Waals surface area contributed by atoms with Gasteiger partial charge in [-0.15, -0.1) is 11.3 Å². The maximum absolute atomic E-state index is 13.5. The molecule has 7 heteroatoms. The molecule has 0 spiro atoms. The molecule has 5 rings (SSSR count). The minimum atomic E-state index is -0.303. The SMILES string of the molecule is Cc1nc(C(=O)N2CCCC2Cc2nc(-c3ccccc3)co2)c(-c2ccc(F)cc2)s1. The van der Waals surface area contributed by atoms with Gasteiger partial charge < -0.3 is 9.32 Å². The van der Waals surface area contributed by atoms with Crippen molar-refractivity contribution < 1.29 is 13.6 Å². The molecule has 1 aliphatic rings. The van der Waals surface area contributed by atoms with Crippen molar-refractivity contribution in [3.63, 3.8) is 0 Å². The smallest absolute Gasteiger partial charge is 0.274 e. The number of carbonyl (C=O) groups is 1. The Morgan fingerprint density at radius 2 is 1.91 bits per heavy atom. The van der Waals surface area contributed by atoms with Gasteiger partial charge in [0.1, 0.15) is 23.5 Å². The van der Waals surface area contributed by atoms with Gasteiger partial charge in [-0.25, -0.2) is 14.4 Å². The molecule has 0 aliphatic carbocycles. The molecule has 1 amide bonds. The van der Waals surface area contributed by atoms with E-state index in [4.69, 9.17) is 4.42 Å². The van der Waals surface area contributed by atoms with Crippen molar-refractivity contribution in [2.24, 2.45) is 0 Å². The van der Waals surface area contributed by atoms with Crippen LogP contribution in [0.5, 0.6) is 0 Å². The zero-order valence-corrected chi connectivity index (χ0v) is 18.4. The molecule has 4 aromatic rings. The highest BCUT2D eigenvalue weighted by Crippen LogP contribution is 2.33. The van der Waals surface area contributed by atoms with Crippen LogP contribution in [-0.2, 0) is 6.42 Å². The van der Waals surface area contributed by atoms with Gasteiger partial charge in [-0.1, -0.05) is 42.5 Å². The summed E-state index contributed by atoms with van der Waals surface area (Å²) in [5.41, 5.74) is 3.04. The van der Waals surface area contributed by atoms with Crippen LogP contribution in [0.15, 0.2) is 65.3 Å². The number of likely N-dealkylation sites (tertiary alicyclic amines) is 1. The van der Waals surface area contributed by atoms with Crippen LogP contribution in [0.3, 0.4) is 0 Å². The lowest BCUT2D eigenvalue weighted by Crippen LogP contribution is -2.37. The standard InChI is InChI=1S/C25H22FN3O2S/c1-16-27-23(24(32-16)18-9-11-19(26)12-10-18)25(30)29-13-5-8-20(29)14-22-28-21(15-31-22)17-6-3-2-4-7-17/h2-4,6-7,9-12,15,20H,5,8,13-14H2,1H3. The molecule has 1 fully saturated rings. The van der Waals surface area contributed by atoms with Gasteiger partial charge >= 0.3 is 0 Å². The maximum atomic E-state index is 13.5. The Morgan fingerprint density at radius 1 is 1.12 bits per heavy atom. The molecular weight excluding hydrogens is 425 g/mol. The maximum Gasteiger partial charge on any atom is 0.274 e. The van der Waals surface area contributed by atoms with Crippen LogP contribution in [0.4, 0.5) is 4.39 Å². The molecule has 1 atom stereocenters. The number of nitrogens with zero attached hydrogens (tertiary/aromatic N) is 3. The topological polar surface area (TPSA) is 59.2 Å². The Bertz CT molecular complexity index is 1230. The minimum Gasteiger partial charge on any atom is -0.448 e. The first kappa shape index (κ1) is 20.6. The highest BCUT2D eigenvalue weighted by molar-refractivity contribution is 7.15. The summed E-state index contributed by atoms with van der Waals surface area (Å²) in [6.45, 7) is 2.56. The number of benzene rings is 2. The molecule has 5 nitrogen and oxygen atoms in total. The second-order valence-electron chi connectivity index (χ2n) is 7.91. The van der Waals surface area contributed by atoms with Crippen molar-refractivity contribution in [2.45, 2.75) is 32.2 Å². The monoisotopic (exact) mass is 447 g/mol. The average Bonchev–Trinajstić information content (AvgIpc) is 3.55. The number of aromatic nitrogens is 2. The first-order valence-electron chi connectivity index (χ1n) is 10.6. The Morgan fingerprint density at radius 3 is 2.69 bits per heavy atom. The molecule has 162 valence electrons. The van der Waals surface area contributed by atoms with Gasteiger partial charge in [0.2, 0.25) is 0 Å². The van der Waals surface area contributed by atoms with Gasteiger partial charge in [0.05, 0.1) is 9.88 Å². The van der Waals surface area contributed by atoms with Gasteiger partial charge in [0, 0.05) is 24.6 Å². The second kappa shape index (κ2) is 8.67. The Kier molecular flexibility index (Phi) is 5.57. The number of rotatable bonds is 5. The quantitative estimate of drug-likeness (QED) is 0.390. The van der Waals surface area contributed by atoms with Crippen LogP contribution in [0.25, 0.3) is 21.7 Å². The molecule has 32 heavy (non-hydrogen) atoms. The fourth-order valence-corrected chi connectivity index (χ4v) is 5.08.